The van der Waals surface area contributed by atoms with Crippen LogP contribution in [-0.4, -0.2) is 31.0 Å². The third kappa shape index (κ3) is 9.15. The standard InChI is InChI=1S/C12H21NO3/c1-5-15-8-12(14)9-16-11(4)13-7-6-10(2)3/h5,12-14H,1-2,4,6-9H2,3H3. The van der Waals surface area contributed by atoms with Gasteiger partial charge in [-0.05, 0) is 19.9 Å². The molecule has 0 radical (unpaired) electrons. The normalized spacial score (nSPS) is 11.4. The fourth-order valence-corrected chi connectivity index (χ4v) is 0.890. The maximum absolute atomic E-state index is 9.36. The fourth-order valence-electron chi connectivity index (χ4n) is 0.890. The number of aliphatic hydroxyl groups excluding tert-OH is 1. The Kier molecular flexibility index (Phi) is 8.07. The molecular weight excluding hydrogens is 206 g/mol. The van der Waals surface area contributed by atoms with Gasteiger partial charge in [0.15, 0.2) is 5.88 Å². The third-order valence-corrected chi connectivity index (χ3v) is 1.73. The lowest BCUT2D eigenvalue weighted by Gasteiger charge is -2.14. The molecule has 0 bridgehead atoms. The van der Waals surface area contributed by atoms with E-state index in [0.29, 0.717) is 5.88 Å². The molecule has 0 aliphatic rings. The molecule has 0 spiro atoms. The quantitative estimate of drug-likeness (QED) is 0.439. The van der Waals surface area contributed by atoms with Crippen molar-refractivity contribution in [3.8, 4) is 0 Å². The van der Waals surface area contributed by atoms with Crippen molar-refractivity contribution in [3.63, 3.8) is 0 Å². The maximum Gasteiger partial charge on any atom is 0.179 e. The van der Waals surface area contributed by atoms with Gasteiger partial charge in [-0.1, -0.05) is 12.2 Å². The van der Waals surface area contributed by atoms with E-state index >= 15 is 0 Å². The molecular formula is C12H21NO3. The summed E-state index contributed by atoms with van der Waals surface area (Å²) in [7, 11) is 0. The predicted molar refractivity (Wildman–Crippen MR) is 64.7 cm³/mol. The summed E-state index contributed by atoms with van der Waals surface area (Å²) >= 11 is 0. The minimum absolute atomic E-state index is 0.146. The molecule has 0 fully saturated rings. The van der Waals surface area contributed by atoms with Gasteiger partial charge in [-0.15, -0.1) is 6.58 Å². The van der Waals surface area contributed by atoms with E-state index in [9.17, 15) is 5.11 Å². The number of aliphatic hydroxyl groups is 1. The van der Waals surface area contributed by atoms with Gasteiger partial charge in [0.25, 0.3) is 0 Å². The summed E-state index contributed by atoms with van der Waals surface area (Å²) in [5, 5.41) is 12.3. The SMILES string of the molecule is C=COCC(O)COC(=C)NCCC(=C)C. The van der Waals surface area contributed by atoms with Crippen LogP contribution in [0.25, 0.3) is 0 Å². The number of ether oxygens (including phenoxy) is 2. The second-order valence-electron chi connectivity index (χ2n) is 3.52. The Morgan fingerprint density at radius 2 is 2.12 bits per heavy atom. The molecule has 0 rings (SSSR count). The van der Waals surface area contributed by atoms with Crippen LogP contribution in [0.2, 0.25) is 0 Å². The monoisotopic (exact) mass is 227 g/mol. The lowest BCUT2D eigenvalue weighted by Crippen LogP contribution is -2.24. The van der Waals surface area contributed by atoms with Gasteiger partial charge in [0.2, 0.25) is 0 Å². The van der Waals surface area contributed by atoms with Crippen LogP contribution in [0.4, 0.5) is 0 Å². The van der Waals surface area contributed by atoms with Crippen molar-refractivity contribution in [2.45, 2.75) is 19.4 Å². The molecule has 0 saturated carbocycles. The first-order valence-electron chi connectivity index (χ1n) is 5.16. The van der Waals surface area contributed by atoms with Crippen LogP contribution in [-0.2, 0) is 9.47 Å². The molecule has 1 atom stereocenters. The van der Waals surface area contributed by atoms with E-state index in [0.717, 1.165) is 18.5 Å². The van der Waals surface area contributed by atoms with Gasteiger partial charge >= 0.3 is 0 Å². The first-order valence-corrected chi connectivity index (χ1v) is 5.16. The summed E-state index contributed by atoms with van der Waals surface area (Å²) in [5.74, 6) is 0.443. The molecule has 16 heavy (non-hydrogen) atoms. The van der Waals surface area contributed by atoms with Gasteiger partial charge in [-0.3, -0.25) is 0 Å². The van der Waals surface area contributed by atoms with Crippen LogP contribution in [0.1, 0.15) is 13.3 Å². The Bertz CT molecular complexity index is 238. The highest BCUT2D eigenvalue weighted by Crippen LogP contribution is 1.96. The molecule has 1 unspecified atom stereocenters. The molecule has 0 aliphatic heterocycles. The molecule has 0 amide bonds. The first kappa shape index (κ1) is 14.6. The van der Waals surface area contributed by atoms with Crippen LogP contribution in [0.3, 0.4) is 0 Å². The average Bonchev–Trinajstić information content (AvgIpc) is 2.23. The van der Waals surface area contributed by atoms with Crippen LogP contribution in [0.15, 0.2) is 37.5 Å². The largest absolute Gasteiger partial charge is 0.499 e. The van der Waals surface area contributed by atoms with Gasteiger partial charge in [0.1, 0.15) is 19.3 Å². The Labute approximate surface area is 97.3 Å². The van der Waals surface area contributed by atoms with Crippen molar-refractivity contribution in [3.05, 3.63) is 37.5 Å². The van der Waals surface area contributed by atoms with Gasteiger partial charge in [0, 0.05) is 6.54 Å². The van der Waals surface area contributed by atoms with Crippen LogP contribution in [0.5, 0.6) is 0 Å². The van der Waals surface area contributed by atoms with E-state index in [1.807, 2.05) is 6.92 Å². The lowest BCUT2D eigenvalue weighted by atomic mass is 10.2. The molecule has 92 valence electrons. The van der Waals surface area contributed by atoms with E-state index in [2.05, 4.69) is 25.1 Å². The van der Waals surface area contributed by atoms with Crippen molar-refractivity contribution in [2.75, 3.05) is 19.8 Å². The Morgan fingerprint density at radius 1 is 1.44 bits per heavy atom. The van der Waals surface area contributed by atoms with Crippen molar-refractivity contribution < 1.29 is 14.6 Å². The number of rotatable bonds is 10. The highest BCUT2D eigenvalue weighted by atomic mass is 16.5. The van der Waals surface area contributed by atoms with E-state index < -0.39 is 6.10 Å². The molecule has 2 N–H and O–H groups in total. The van der Waals surface area contributed by atoms with Gasteiger partial charge in [-0.2, -0.15) is 0 Å². The van der Waals surface area contributed by atoms with Crippen molar-refractivity contribution in [1.29, 1.82) is 0 Å². The summed E-state index contributed by atoms with van der Waals surface area (Å²) in [5.41, 5.74) is 1.10. The van der Waals surface area contributed by atoms with Gasteiger partial charge < -0.3 is 19.9 Å². The zero-order valence-corrected chi connectivity index (χ0v) is 9.87. The Balaban J connectivity index is 3.49. The maximum atomic E-state index is 9.36. The molecule has 0 saturated heterocycles. The molecule has 0 heterocycles. The van der Waals surface area contributed by atoms with E-state index in [1.54, 1.807) is 0 Å². The second-order valence-corrected chi connectivity index (χ2v) is 3.52. The van der Waals surface area contributed by atoms with E-state index in [1.165, 1.54) is 6.26 Å². The van der Waals surface area contributed by atoms with E-state index in [4.69, 9.17) is 9.47 Å². The molecule has 4 heteroatoms. The summed E-state index contributed by atoms with van der Waals surface area (Å²) in [6.45, 7) is 13.8. The summed E-state index contributed by atoms with van der Waals surface area (Å²) in [4.78, 5) is 0. The van der Waals surface area contributed by atoms with Crippen LogP contribution < -0.4 is 5.32 Å². The average molecular weight is 227 g/mol. The fraction of sp³-hybridized carbons (Fsp3) is 0.500. The minimum atomic E-state index is -0.683. The molecule has 0 aromatic carbocycles. The van der Waals surface area contributed by atoms with Crippen LogP contribution in [0, 0.1) is 0 Å². The highest BCUT2D eigenvalue weighted by Gasteiger charge is 2.05. The zero-order chi connectivity index (χ0) is 12.4. The minimum Gasteiger partial charge on any atom is -0.499 e. The smallest absolute Gasteiger partial charge is 0.179 e. The van der Waals surface area contributed by atoms with Crippen LogP contribution >= 0.6 is 0 Å². The van der Waals surface area contributed by atoms with Crippen molar-refractivity contribution in [2.24, 2.45) is 0 Å². The van der Waals surface area contributed by atoms with Gasteiger partial charge in [0.05, 0.1) is 6.26 Å². The lowest BCUT2D eigenvalue weighted by molar-refractivity contribution is 0.0214. The summed E-state index contributed by atoms with van der Waals surface area (Å²) < 4.78 is 10.00. The van der Waals surface area contributed by atoms with Crippen molar-refractivity contribution in [1.82, 2.24) is 5.32 Å². The topological polar surface area (TPSA) is 50.7 Å². The number of hydrogen-bond acceptors (Lipinski definition) is 4. The van der Waals surface area contributed by atoms with E-state index in [-0.39, 0.29) is 13.2 Å². The third-order valence-electron chi connectivity index (χ3n) is 1.73. The highest BCUT2D eigenvalue weighted by molar-refractivity contribution is 4.90. The summed E-state index contributed by atoms with van der Waals surface area (Å²) in [6, 6.07) is 0. The summed E-state index contributed by atoms with van der Waals surface area (Å²) in [6.07, 6.45) is 1.46. The van der Waals surface area contributed by atoms with Gasteiger partial charge in [-0.25, -0.2) is 0 Å². The Morgan fingerprint density at radius 3 is 2.69 bits per heavy atom. The number of nitrogens with one attached hydrogen (secondary N) is 1. The number of hydrogen-bond donors (Lipinski definition) is 2. The molecule has 0 aliphatic carbocycles. The molecule has 0 aromatic rings. The molecule has 4 nitrogen and oxygen atoms in total. The Hall–Kier alpha value is -1.42. The second kappa shape index (κ2) is 8.85. The predicted octanol–water partition coefficient (Wildman–Crippen LogP) is 1.55. The van der Waals surface area contributed by atoms with Crippen molar-refractivity contribution >= 4 is 0 Å². The first-order chi connectivity index (χ1) is 7.56. The zero-order valence-electron chi connectivity index (χ0n) is 9.87. The molecule has 0 aromatic heterocycles.